The van der Waals surface area contributed by atoms with Gasteiger partial charge in [0.15, 0.2) is 0 Å². The lowest BCUT2D eigenvalue weighted by molar-refractivity contribution is -0.116. The van der Waals surface area contributed by atoms with Gasteiger partial charge in [-0.2, -0.15) is 0 Å². The Balaban J connectivity index is 1.62. The number of benzene rings is 1. The van der Waals surface area contributed by atoms with Gasteiger partial charge in [0.05, 0.1) is 23.6 Å². The van der Waals surface area contributed by atoms with Crippen molar-refractivity contribution in [1.82, 2.24) is 0 Å². The predicted molar refractivity (Wildman–Crippen MR) is 99.7 cm³/mol. The second-order valence-electron chi connectivity index (χ2n) is 5.86. The van der Waals surface area contributed by atoms with Crippen LogP contribution in [0.15, 0.2) is 24.3 Å². The van der Waals surface area contributed by atoms with E-state index in [9.17, 15) is 9.59 Å². The van der Waals surface area contributed by atoms with E-state index in [0.29, 0.717) is 21.3 Å². The van der Waals surface area contributed by atoms with E-state index >= 15 is 0 Å². The molecule has 0 aliphatic heterocycles. The number of amides is 2. The molecular weight excluding hydrogens is 360 g/mol. The first-order valence-electron chi connectivity index (χ1n) is 8.17. The molecule has 2 aromatic rings. The van der Waals surface area contributed by atoms with Gasteiger partial charge in [0.25, 0.3) is 5.91 Å². The maximum Gasteiger partial charge on any atom is 0.251 e. The molecule has 3 rings (SSSR count). The minimum atomic E-state index is -0.484. The van der Waals surface area contributed by atoms with Crippen LogP contribution in [0.5, 0.6) is 5.75 Å². The van der Waals surface area contributed by atoms with Gasteiger partial charge in [0, 0.05) is 4.88 Å². The molecule has 0 fully saturated rings. The summed E-state index contributed by atoms with van der Waals surface area (Å²) >= 11 is 7.46. The zero-order valence-corrected chi connectivity index (χ0v) is 15.2. The number of rotatable bonds is 6. The van der Waals surface area contributed by atoms with Crippen LogP contribution in [0.4, 0.5) is 5.00 Å². The van der Waals surface area contributed by atoms with E-state index in [-0.39, 0.29) is 18.9 Å². The summed E-state index contributed by atoms with van der Waals surface area (Å²) in [7, 11) is 0. The molecular formula is C18H19ClN2O3S. The fourth-order valence-corrected chi connectivity index (χ4v) is 4.42. The molecule has 7 heteroatoms. The molecule has 2 amide bonds. The molecule has 0 unspecified atom stereocenters. The predicted octanol–water partition coefficient (Wildman–Crippen LogP) is 3.79. The van der Waals surface area contributed by atoms with E-state index in [0.717, 1.165) is 36.1 Å². The number of ether oxygens (including phenoxy) is 1. The molecule has 1 aliphatic rings. The number of hydrogen-bond donors (Lipinski definition) is 2. The van der Waals surface area contributed by atoms with Gasteiger partial charge >= 0.3 is 0 Å². The summed E-state index contributed by atoms with van der Waals surface area (Å²) in [4.78, 5) is 25.2. The number of thiophene rings is 1. The van der Waals surface area contributed by atoms with Gasteiger partial charge in [-0.25, -0.2) is 0 Å². The van der Waals surface area contributed by atoms with Crippen molar-refractivity contribution < 1.29 is 14.3 Å². The molecule has 0 radical (unpaired) electrons. The molecule has 132 valence electrons. The molecule has 5 nitrogen and oxygen atoms in total. The summed E-state index contributed by atoms with van der Waals surface area (Å²) in [6, 6.07) is 7.10. The molecule has 0 saturated heterocycles. The summed E-state index contributed by atoms with van der Waals surface area (Å²) in [6.07, 6.45) is 4.08. The van der Waals surface area contributed by atoms with E-state index in [2.05, 4.69) is 5.32 Å². The quantitative estimate of drug-likeness (QED) is 0.802. The van der Waals surface area contributed by atoms with Crippen molar-refractivity contribution in [3.63, 3.8) is 0 Å². The number of carbonyl (C=O) groups is 2. The van der Waals surface area contributed by atoms with E-state index in [1.54, 1.807) is 12.1 Å². The van der Waals surface area contributed by atoms with Crippen LogP contribution in [0.1, 0.15) is 40.1 Å². The lowest BCUT2D eigenvalue weighted by atomic mass is 9.95. The second kappa shape index (κ2) is 7.89. The largest absolute Gasteiger partial charge is 0.491 e. The van der Waals surface area contributed by atoms with Gasteiger partial charge in [-0.05, 0) is 43.4 Å². The van der Waals surface area contributed by atoms with Crippen LogP contribution in [-0.2, 0) is 17.6 Å². The average molecular weight is 379 g/mol. The molecule has 1 aliphatic carbocycles. The Kier molecular flexibility index (Phi) is 5.60. The minimum Gasteiger partial charge on any atom is -0.491 e. The van der Waals surface area contributed by atoms with Crippen LogP contribution in [0.25, 0.3) is 0 Å². The van der Waals surface area contributed by atoms with Crippen LogP contribution < -0.4 is 15.8 Å². The number of hydrogen-bond acceptors (Lipinski definition) is 4. The summed E-state index contributed by atoms with van der Waals surface area (Å²) in [5.74, 6) is -0.156. The van der Waals surface area contributed by atoms with Gasteiger partial charge in [0.2, 0.25) is 5.91 Å². The Morgan fingerprint density at radius 3 is 2.76 bits per heavy atom. The van der Waals surface area contributed by atoms with E-state index in [4.69, 9.17) is 22.1 Å². The molecule has 1 heterocycles. The number of anilines is 1. The third-order valence-electron chi connectivity index (χ3n) is 4.09. The Morgan fingerprint density at radius 2 is 2.00 bits per heavy atom. The molecule has 1 aromatic carbocycles. The first-order valence-corrected chi connectivity index (χ1v) is 9.37. The normalized spacial score (nSPS) is 13.2. The summed E-state index contributed by atoms with van der Waals surface area (Å²) in [6.45, 7) is 0.201. The van der Waals surface area contributed by atoms with Crippen molar-refractivity contribution in [2.24, 2.45) is 5.73 Å². The summed E-state index contributed by atoms with van der Waals surface area (Å²) < 4.78 is 5.52. The van der Waals surface area contributed by atoms with Gasteiger partial charge in [-0.15, -0.1) is 11.3 Å². The van der Waals surface area contributed by atoms with Crippen molar-refractivity contribution in [1.29, 1.82) is 0 Å². The van der Waals surface area contributed by atoms with Crippen molar-refractivity contribution >= 4 is 39.8 Å². The second-order valence-corrected chi connectivity index (χ2v) is 7.37. The van der Waals surface area contributed by atoms with Crippen molar-refractivity contribution in [3.8, 4) is 5.75 Å². The smallest absolute Gasteiger partial charge is 0.251 e. The van der Waals surface area contributed by atoms with E-state index in [1.165, 1.54) is 11.3 Å². The monoisotopic (exact) mass is 378 g/mol. The van der Waals surface area contributed by atoms with Gasteiger partial charge in [-0.3, -0.25) is 9.59 Å². The molecule has 0 bridgehead atoms. The van der Waals surface area contributed by atoms with Crippen LogP contribution in [0.3, 0.4) is 0 Å². The van der Waals surface area contributed by atoms with E-state index < -0.39 is 5.91 Å². The Bertz CT molecular complexity index is 804. The average Bonchev–Trinajstić information content (AvgIpc) is 2.94. The first-order chi connectivity index (χ1) is 12.1. The maximum atomic E-state index is 12.2. The Labute approximate surface area is 155 Å². The van der Waals surface area contributed by atoms with Crippen LogP contribution in [0.2, 0.25) is 5.02 Å². The van der Waals surface area contributed by atoms with Crippen LogP contribution in [0, 0.1) is 0 Å². The molecule has 1 aromatic heterocycles. The first kappa shape index (κ1) is 17.8. The standard InChI is InChI=1S/C18H19ClN2O3S/c19-12-6-2-3-7-13(12)24-10-9-15(22)21-18-16(17(20)23)11-5-1-4-8-14(11)25-18/h2-3,6-7H,1,4-5,8-10H2,(H2,20,23)(H,21,22). The van der Waals surface area contributed by atoms with E-state index in [1.807, 2.05) is 12.1 Å². The summed E-state index contributed by atoms with van der Waals surface area (Å²) in [5, 5.41) is 3.88. The van der Waals surface area contributed by atoms with Crippen molar-refractivity contribution in [2.45, 2.75) is 32.1 Å². The lowest BCUT2D eigenvalue weighted by Crippen LogP contribution is -2.19. The topological polar surface area (TPSA) is 81.4 Å². The van der Waals surface area contributed by atoms with Gasteiger partial charge in [-0.1, -0.05) is 23.7 Å². The highest BCUT2D eigenvalue weighted by atomic mass is 35.5. The van der Waals surface area contributed by atoms with Crippen LogP contribution in [-0.4, -0.2) is 18.4 Å². The number of halogens is 1. The van der Waals surface area contributed by atoms with Crippen molar-refractivity contribution in [2.75, 3.05) is 11.9 Å². The maximum absolute atomic E-state index is 12.2. The Hall–Kier alpha value is -2.05. The molecule has 25 heavy (non-hydrogen) atoms. The fraction of sp³-hybridized carbons (Fsp3) is 0.333. The highest BCUT2D eigenvalue weighted by molar-refractivity contribution is 7.17. The lowest BCUT2D eigenvalue weighted by Gasteiger charge is -2.11. The number of carbonyl (C=O) groups excluding carboxylic acids is 2. The minimum absolute atomic E-state index is 0.159. The molecule has 0 spiro atoms. The summed E-state index contributed by atoms with van der Waals surface area (Å²) in [5.41, 5.74) is 7.01. The molecule has 0 saturated carbocycles. The Morgan fingerprint density at radius 1 is 1.24 bits per heavy atom. The number of fused-ring (bicyclic) bond motifs is 1. The third-order valence-corrected chi connectivity index (χ3v) is 5.61. The van der Waals surface area contributed by atoms with Gasteiger partial charge in [0.1, 0.15) is 10.8 Å². The SMILES string of the molecule is NC(=O)c1c(NC(=O)CCOc2ccccc2Cl)sc2c1CCCC2. The molecule has 3 N–H and O–H groups in total. The number of para-hydroxylation sites is 1. The number of primary amides is 1. The highest BCUT2D eigenvalue weighted by Gasteiger charge is 2.24. The molecule has 0 atom stereocenters. The number of aryl methyl sites for hydroxylation is 1. The van der Waals surface area contributed by atoms with Gasteiger partial charge < -0.3 is 15.8 Å². The van der Waals surface area contributed by atoms with Crippen molar-refractivity contribution in [3.05, 3.63) is 45.3 Å². The third kappa shape index (κ3) is 4.14. The fourth-order valence-electron chi connectivity index (χ4n) is 2.92. The van der Waals surface area contributed by atoms with Crippen LogP contribution >= 0.6 is 22.9 Å². The number of nitrogens with one attached hydrogen (secondary N) is 1. The zero-order chi connectivity index (χ0) is 17.8. The number of nitrogens with two attached hydrogens (primary N) is 1. The highest BCUT2D eigenvalue weighted by Crippen LogP contribution is 2.37. The zero-order valence-electron chi connectivity index (χ0n) is 13.6.